The molecule has 0 aliphatic rings. The van der Waals surface area contributed by atoms with Crippen LogP contribution in [0.1, 0.15) is 12.5 Å². The first-order chi connectivity index (χ1) is 7.02. The molecule has 16 heavy (non-hydrogen) atoms. The lowest BCUT2D eigenvalue weighted by Crippen LogP contribution is -2.27. The average Bonchev–Trinajstić information content (AvgIpc) is 2.18. The minimum atomic E-state index is -0.951. The van der Waals surface area contributed by atoms with Crippen molar-refractivity contribution in [2.75, 3.05) is 5.32 Å². The zero-order valence-corrected chi connectivity index (χ0v) is 9.54. The van der Waals surface area contributed by atoms with Crippen molar-refractivity contribution >= 4 is 29.9 Å². The van der Waals surface area contributed by atoms with Gasteiger partial charge in [0.25, 0.3) is 0 Å². The lowest BCUT2D eigenvalue weighted by atomic mass is 10.1. The van der Waals surface area contributed by atoms with E-state index in [-0.39, 0.29) is 18.2 Å². The maximum atomic E-state index is 10.6. The third kappa shape index (κ3) is 3.43. The molecule has 0 aromatic heterocycles. The van der Waals surface area contributed by atoms with Gasteiger partial charge in [0.1, 0.15) is 11.9 Å². The van der Waals surface area contributed by atoms with Crippen LogP contribution in [-0.4, -0.2) is 23.0 Å². The second kappa shape index (κ2) is 5.97. The minimum absolute atomic E-state index is 0. The molecular formula is C10H14ClN3O2. The standard InChI is InChI=1S/C10H13N3O2.ClH/c1-6(10(14)15)13-8-5-3-2-4-7(8)9(11)12;/h2-6,13H,1H3,(H3,11,12)(H,14,15);1H. The van der Waals surface area contributed by atoms with Crippen molar-refractivity contribution in [3.63, 3.8) is 0 Å². The van der Waals surface area contributed by atoms with Gasteiger partial charge >= 0.3 is 5.97 Å². The predicted molar refractivity (Wildman–Crippen MR) is 65.4 cm³/mol. The van der Waals surface area contributed by atoms with Crippen LogP contribution in [0.5, 0.6) is 0 Å². The molecule has 5 nitrogen and oxygen atoms in total. The van der Waals surface area contributed by atoms with E-state index in [1.54, 1.807) is 24.3 Å². The van der Waals surface area contributed by atoms with Crippen LogP contribution >= 0.6 is 12.4 Å². The van der Waals surface area contributed by atoms with Crippen molar-refractivity contribution in [2.24, 2.45) is 5.73 Å². The Kier molecular flexibility index (Phi) is 5.32. The summed E-state index contributed by atoms with van der Waals surface area (Å²) < 4.78 is 0. The third-order valence-corrected chi connectivity index (χ3v) is 1.96. The number of hydrogen-bond acceptors (Lipinski definition) is 3. The summed E-state index contributed by atoms with van der Waals surface area (Å²) in [6.45, 7) is 1.53. The van der Waals surface area contributed by atoms with Crippen LogP contribution in [0.4, 0.5) is 5.69 Å². The topological polar surface area (TPSA) is 99.2 Å². The van der Waals surface area contributed by atoms with Crippen LogP contribution in [0.25, 0.3) is 0 Å². The summed E-state index contributed by atoms with van der Waals surface area (Å²) in [5.41, 5.74) is 6.42. The Balaban J connectivity index is 0.00000225. The van der Waals surface area contributed by atoms with Crippen molar-refractivity contribution in [1.29, 1.82) is 5.41 Å². The smallest absolute Gasteiger partial charge is 0.325 e. The number of para-hydroxylation sites is 1. The fourth-order valence-corrected chi connectivity index (χ4v) is 1.14. The Hall–Kier alpha value is -1.75. The number of nitrogens with one attached hydrogen (secondary N) is 2. The molecule has 0 saturated heterocycles. The molecule has 1 unspecified atom stereocenters. The average molecular weight is 244 g/mol. The van der Waals surface area contributed by atoms with Crippen LogP contribution in [-0.2, 0) is 4.79 Å². The quantitative estimate of drug-likeness (QED) is 0.473. The molecule has 1 aromatic rings. The van der Waals surface area contributed by atoms with Gasteiger partial charge in [-0.3, -0.25) is 10.2 Å². The Morgan fingerprint density at radius 1 is 1.50 bits per heavy atom. The van der Waals surface area contributed by atoms with Crippen molar-refractivity contribution < 1.29 is 9.90 Å². The highest BCUT2D eigenvalue weighted by Gasteiger charge is 2.12. The van der Waals surface area contributed by atoms with E-state index in [1.165, 1.54) is 6.92 Å². The van der Waals surface area contributed by atoms with Crippen LogP contribution < -0.4 is 11.1 Å². The summed E-state index contributed by atoms with van der Waals surface area (Å²) in [7, 11) is 0. The first kappa shape index (κ1) is 14.2. The lowest BCUT2D eigenvalue weighted by molar-refractivity contribution is -0.137. The highest BCUT2D eigenvalue weighted by molar-refractivity contribution is 6.00. The number of carboxylic acid groups (broad SMARTS) is 1. The molecular weight excluding hydrogens is 230 g/mol. The van der Waals surface area contributed by atoms with Gasteiger partial charge in [-0.15, -0.1) is 12.4 Å². The number of nitrogen functional groups attached to an aromatic ring is 1. The van der Waals surface area contributed by atoms with Crippen molar-refractivity contribution in [3.05, 3.63) is 29.8 Å². The summed E-state index contributed by atoms with van der Waals surface area (Å²) in [6, 6.07) is 6.14. The Morgan fingerprint density at radius 2 is 2.06 bits per heavy atom. The van der Waals surface area contributed by atoms with Gasteiger partial charge in [0.2, 0.25) is 0 Å². The van der Waals surface area contributed by atoms with Crippen LogP contribution in [0.15, 0.2) is 24.3 Å². The molecule has 1 atom stereocenters. The molecule has 0 radical (unpaired) electrons. The molecule has 1 rings (SSSR count). The summed E-state index contributed by atoms with van der Waals surface area (Å²) in [4.78, 5) is 10.6. The lowest BCUT2D eigenvalue weighted by Gasteiger charge is -2.13. The maximum absolute atomic E-state index is 10.6. The normalized spacial score (nSPS) is 11.1. The number of nitrogens with two attached hydrogens (primary N) is 1. The SMILES string of the molecule is CC(Nc1ccccc1C(=N)N)C(=O)O.Cl. The highest BCUT2D eigenvalue weighted by Crippen LogP contribution is 2.15. The summed E-state index contributed by atoms with van der Waals surface area (Å²) in [6.07, 6.45) is 0. The molecule has 0 aliphatic heterocycles. The monoisotopic (exact) mass is 243 g/mol. The van der Waals surface area contributed by atoms with E-state index in [4.69, 9.17) is 16.2 Å². The molecule has 0 heterocycles. The number of carbonyl (C=O) groups is 1. The van der Waals surface area contributed by atoms with Gasteiger partial charge < -0.3 is 16.2 Å². The fourth-order valence-electron chi connectivity index (χ4n) is 1.14. The number of amidine groups is 1. The van der Waals surface area contributed by atoms with Gasteiger partial charge in [0.05, 0.1) is 0 Å². The number of aliphatic carboxylic acids is 1. The fraction of sp³-hybridized carbons (Fsp3) is 0.200. The minimum Gasteiger partial charge on any atom is -0.480 e. The van der Waals surface area contributed by atoms with Crippen LogP contribution in [0.2, 0.25) is 0 Å². The molecule has 0 amide bonds. The Morgan fingerprint density at radius 3 is 2.56 bits per heavy atom. The predicted octanol–water partition coefficient (Wildman–Crippen LogP) is 1.28. The van der Waals surface area contributed by atoms with E-state index in [1.807, 2.05) is 0 Å². The molecule has 88 valence electrons. The van der Waals surface area contributed by atoms with E-state index in [0.29, 0.717) is 11.3 Å². The maximum Gasteiger partial charge on any atom is 0.325 e. The van der Waals surface area contributed by atoms with Gasteiger partial charge in [-0.25, -0.2) is 0 Å². The molecule has 0 fully saturated rings. The summed E-state index contributed by atoms with van der Waals surface area (Å²) in [5.74, 6) is -1.04. The summed E-state index contributed by atoms with van der Waals surface area (Å²) >= 11 is 0. The first-order valence-corrected chi connectivity index (χ1v) is 4.45. The van der Waals surface area contributed by atoms with Gasteiger partial charge in [-0.05, 0) is 19.1 Å². The van der Waals surface area contributed by atoms with Crippen molar-refractivity contribution in [2.45, 2.75) is 13.0 Å². The number of benzene rings is 1. The van der Waals surface area contributed by atoms with E-state index < -0.39 is 12.0 Å². The number of halogens is 1. The zero-order valence-electron chi connectivity index (χ0n) is 8.73. The molecule has 0 bridgehead atoms. The molecule has 5 N–H and O–H groups in total. The Bertz CT molecular complexity index is 395. The molecule has 0 aliphatic carbocycles. The van der Waals surface area contributed by atoms with Gasteiger partial charge in [0.15, 0.2) is 0 Å². The second-order valence-electron chi connectivity index (χ2n) is 3.16. The van der Waals surface area contributed by atoms with Crippen molar-refractivity contribution in [1.82, 2.24) is 0 Å². The number of hydrogen-bond donors (Lipinski definition) is 4. The molecule has 0 saturated carbocycles. The number of anilines is 1. The van der Waals surface area contributed by atoms with Gasteiger partial charge in [0, 0.05) is 11.3 Å². The van der Waals surface area contributed by atoms with Crippen LogP contribution in [0, 0.1) is 5.41 Å². The van der Waals surface area contributed by atoms with Gasteiger partial charge in [-0.2, -0.15) is 0 Å². The first-order valence-electron chi connectivity index (χ1n) is 4.45. The largest absolute Gasteiger partial charge is 0.480 e. The van der Waals surface area contributed by atoms with Crippen molar-refractivity contribution in [3.8, 4) is 0 Å². The summed E-state index contributed by atoms with van der Waals surface area (Å²) in [5, 5.41) is 18.8. The molecule has 6 heteroatoms. The molecule has 1 aromatic carbocycles. The van der Waals surface area contributed by atoms with E-state index in [0.717, 1.165) is 0 Å². The van der Waals surface area contributed by atoms with Gasteiger partial charge in [-0.1, -0.05) is 12.1 Å². The van der Waals surface area contributed by atoms with Crippen LogP contribution in [0.3, 0.4) is 0 Å². The number of rotatable bonds is 4. The number of carboxylic acids is 1. The van der Waals surface area contributed by atoms with E-state index in [9.17, 15) is 4.79 Å². The zero-order chi connectivity index (χ0) is 11.4. The van der Waals surface area contributed by atoms with E-state index in [2.05, 4.69) is 5.32 Å². The Labute approximate surface area is 99.6 Å². The third-order valence-electron chi connectivity index (χ3n) is 1.96. The van der Waals surface area contributed by atoms with E-state index >= 15 is 0 Å². The molecule has 0 spiro atoms. The highest BCUT2D eigenvalue weighted by atomic mass is 35.5. The second-order valence-corrected chi connectivity index (χ2v) is 3.16.